The van der Waals surface area contributed by atoms with Gasteiger partial charge < -0.3 is 33.7 Å². The Morgan fingerprint density at radius 1 is 0.846 bits per heavy atom. The Bertz CT molecular complexity index is 1390. The van der Waals surface area contributed by atoms with E-state index in [9.17, 15) is 0 Å². The number of fused-ring (bicyclic) bond motifs is 2. The van der Waals surface area contributed by atoms with Gasteiger partial charge in [-0.1, -0.05) is 55.8 Å². The van der Waals surface area contributed by atoms with Crippen LogP contribution in [-0.2, 0) is 13.1 Å². The molecule has 0 amide bonds. The Hall–Kier alpha value is -4.17. The highest BCUT2D eigenvalue weighted by Crippen LogP contribution is 2.41. The number of imidazole rings is 1. The van der Waals surface area contributed by atoms with Gasteiger partial charge in [-0.15, -0.1) is 0 Å². The van der Waals surface area contributed by atoms with Crippen molar-refractivity contribution in [1.29, 1.82) is 0 Å². The van der Waals surface area contributed by atoms with E-state index in [1.807, 2.05) is 18.2 Å². The van der Waals surface area contributed by atoms with Crippen LogP contribution in [0.4, 0.5) is 5.82 Å². The highest BCUT2D eigenvalue weighted by molar-refractivity contribution is 5.63. The molecular formula is C31H34N4O4. The molecular weight excluding hydrogens is 492 g/mol. The lowest BCUT2D eigenvalue weighted by Gasteiger charge is -2.24. The summed E-state index contributed by atoms with van der Waals surface area (Å²) in [7, 11) is 4.15. The Labute approximate surface area is 229 Å². The van der Waals surface area contributed by atoms with Crippen molar-refractivity contribution in [3.8, 4) is 34.4 Å². The third-order valence-corrected chi connectivity index (χ3v) is 7.01. The van der Waals surface area contributed by atoms with Crippen LogP contribution >= 0.6 is 0 Å². The standard InChI is InChI=1S/C31H34N4O4/c1-4-5-15-35-30(21-9-7-6-8-10-21)32-24(18-34(2)3)31(35)33-29(22-11-13-25-27(16-22)38-19-36-25)23-12-14-26-28(17-23)39-20-37-26/h6-14,16-17,29,33H,4-5,15,18-20H2,1-3H3. The van der Waals surface area contributed by atoms with Gasteiger partial charge in [0.1, 0.15) is 11.6 Å². The van der Waals surface area contributed by atoms with Gasteiger partial charge in [0, 0.05) is 18.7 Å². The summed E-state index contributed by atoms with van der Waals surface area (Å²) in [6.45, 7) is 4.25. The number of benzene rings is 3. The van der Waals surface area contributed by atoms with Crippen molar-refractivity contribution in [3.63, 3.8) is 0 Å². The molecule has 0 saturated carbocycles. The normalized spacial score (nSPS) is 13.5. The Kier molecular flexibility index (Phi) is 7.02. The first-order valence-electron chi connectivity index (χ1n) is 13.5. The van der Waals surface area contributed by atoms with E-state index in [0.717, 1.165) is 76.4 Å². The lowest BCUT2D eigenvalue weighted by molar-refractivity contribution is 0.173. The van der Waals surface area contributed by atoms with Gasteiger partial charge in [0.15, 0.2) is 23.0 Å². The summed E-state index contributed by atoms with van der Waals surface area (Å²) in [5.41, 5.74) is 4.21. The molecule has 0 unspecified atom stereocenters. The summed E-state index contributed by atoms with van der Waals surface area (Å²) in [6, 6.07) is 22.5. The predicted molar refractivity (Wildman–Crippen MR) is 151 cm³/mol. The van der Waals surface area contributed by atoms with Crippen LogP contribution in [0, 0.1) is 0 Å². The summed E-state index contributed by atoms with van der Waals surface area (Å²) in [6.07, 6.45) is 2.13. The molecule has 6 rings (SSSR count). The minimum atomic E-state index is -0.199. The van der Waals surface area contributed by atoms with Crippen molar-refractivity contribution >= 4 is 5.82 Å². The Balaban J connectivity index is 1.49. The average molecular weight is 527 g/mol. The van der Waals surface area contributed by atoms with Crippen LogP contribution in [0.25, 0.3) is 11.4 Å². The fourth-order valence-corrected chi connectivity index (χ4v) is 5.10. The number of unbranched alkanes of at least 4 members (excludes halogenated alkanes) is 1. The van der Waals surface area contributed by atoms with Crippen molar-refractivity contribution < 1.29 is 18.9 Å². The first-order valence-corrected chi connectivity index (χ1v) is 13.5. The van der Waals surface area contributed by atoms with Crippen LogP contribution in [0.3, 0.4) is 0 Å². The molecule has 3 aromatic carbocycles. The molecule has 2 aliphatic heterocycles. The van der Waals surface area contributed by atoms with Crippen molar-refractivity contribution in [3.05, 3.63) is 83.6 Å². The van der Waals surface area contributed by atoms with Crippen LogP contribution in [0.15, 0.2) is 66.7 Å². The van der Waals surface area contributed by atoms with Gasteiger partial charge in [-0.3, -0.25) is 0 Å². The molecule has 2 aliphatic rings. The molecule has 1 N–H and O–H groups in total. The molecule has 8 heteroatoms. The summed E-state index contributed by atoms with van der Waals surface area (Å²) in [5, 5.41) is 3.92. The summed E-state index contributed by atoms with van der Waals surface area (Å²) in [5.74, 6) is 5.00. The number of anilines is 1. The third kappa shape index (κ3) is 5.12. The lowest BCUT2D eigenvalue weighted by Crippen LogP contribution is -2.19. The van der Waals surface area contributed by atoms with Crippen molar-refractivity contribution in [2.75, 3.05) is 33.0 Å². The highest BCUT2D eigenvalue weighted by atomic mass is 16.7. The number of hydrogen-bond acceptors (Lipinski definition) is 7. The van der Waals surface area contributed by atoms with E-state index in [0.29, 0.717) is 6.54 Å². The minimum absolute atomic E-state index is 0.199. The maximum Gasteiger partial charge on any atom is 0.231 e. The zero-order chi connectivity index (χ0) is 26.8. The molecule has 39 heavy (non-hydrogen) atoms. The predicted octanol–water partition coefficient (Wildman–Crippen LogP) is 6.07. The van der Waals surface area contributed by atoms with Crippen LogP contribution in [0.5, 0.6) is 23.0 Å². The number of ether oxygens (including phenoxy) is 4. The average Bonchev–Trinajstić information content (AvgIpc) is 3.69. The fraction of sp³-hybridized carbons (Fsp3) is 0.323. The fourth-order valence-electron chi connectivity index (χ4n) is 5.10. The van der Waals surface area contributed by atoms with Gasteiger partial charge in [-0.2, -0.15) is 0 Å². The summed E-state index contributed by atoms with van der Waals surface area (Å²) < 4.78 is 25.0. The van der Waals surface area contributed by atoms with Crippen LogP contribution in [0.2, 0.25) is 0 Å². The molecule has 4 aromatic rings. The maximum atomic E-state index is 5.75. The van der Waals surface area contributed by atoms with E-state index in [1.54, 1.807) is 0 Å². The molecule has 0 fully saturated rings. The van der Waals surface area contributed by atoms with Gasteiger partial charge in [0.2, 0.25) is 13.6 Å². The van der Waals surface area contributed by atoms with E-state index in [1.165, 1.54) is 0 Å². The van der Waals surface area contributed by atoms with Crippen molar-refractivity contribution in [2.24, 2.45) is 0 Å². The second-order valence-corrected chi connectivity index (χ2v) is 10.1. The van der Waals surface area contributed by atoms with Gasteiger partial charge >= 0.3 is 0 Å². The molecule has 8 nitrogen and oxygen atoms in total. The van der Waals surface area contributed by atoms with E-state index in [-0.39, 0.29) is 19.6 Å². The van der Waals surface area contributed by atoms with Crippen LogP contribution < -0.4 is 24.3 Å². The van der Waals surface area contributed by atoms with Gasteiger partial charge in [0.25, 0.3) is 0 Å². The van der Waals surface area contributed by atoms with Gasteiger partial charge in [-0.25, -0.2) is 4.98 Å². The van der Waals surface area contributed by atoms with E-state index in [4.69, 9.17) is 23.9 Å². The summed E-state index contributed by atoms with van der Waals surface area (Å²) in [4.78, 5) is 7.35. The zero-order valence-corrected chi connectivity index (χ0v) is 22.6. The number of nitrogens with one attached hydrogen (secondary N) is 1. The number of aromatic nitrogens is 2. The molecule has 0 aliphatic carbocycles. The number of hydrogen-bond donors (Lipinski definition) is 1. The van der Waals surface area contributed by atoms with Crippen molar-refractivity contribution in [2.45, 2.75) is 38.9 Å². The molecule has 3 heterocycles. The van der Waals surface area contributed by atoms with Gasteiger partial charge in [-0.05, 0) is 55.9 Å². The molecule has 0 saturated heterocycles. The minimum Gasteiger partial charge on any atom is -0.454 e. The van der Waals surface area contributed by atoms with E-state index in [2.05, 4.69) is 84.3 Å². The highest BCUT2D eigenvalue weighted by Gasteiger charge is 2.26. The van der Waals surface area contributed by atoms with Crippen molar-refractivity contribution in [1.82, 2.24) is 14.5 Å². The Morgan fingerprint density at radius 3 is 2.05 bits per heavy atom. The Morgan fingerprint density at radius 2 is 1.46 bits per heavy atom. The largest absolute Gasteiger partial charge is 0.454 e. The smallest absolute Gasteiger partial charge is 0.231 e. The molecule has 1 aromatic heterocycles. The van der Waals surface area contributed by atoms with Gasteiger partial charge in [0.05, 0.1) is 11.7 Å². The van der Waals surface area contributed by atoms with Crippen LogP contribution in [-0.4, -0.2) is 42.1 Å². The quantitative estimate of drug-likeness (QED) is 0.269. The van der Waals surface area contributed by atoms with E-state index < -0.39 is 0 Å². The first-order chi connectivity index (χ1) is 19.1. The zero-order valence-electron chi connectivity index (χ0n) is 22.6. The SMILES string of the molecule is CCCCn1c(-c2ccccc2)nc(CN(C)C)c1NC(c1ccc2c(c1)OCO2)c1ccc2c(c1)OCO2. The first kappa shape index (κ1) is 25.1. The number of rotatable bonds is 10. The monoisotopic (exact) mass is 526 g/mol. The molecule has 0 bridgehead atoms. The van der Waals surface area contributed by atoms with Crippen LogP contribution in [0.1, 0.15) is 42.6 Å². The second-order valence-electron chi connectivity index (χ2n) is 10.1. The second kappa shape index (κ2) is 10.9. The number of nitrogens with zero attached hydrogens (tertiary/aromatic N) is 3. The topological polar surface area (TPSA) is 70.0 Å². The molecule has 0 radical (unpaired) electrons. The van der Waals surface area contributed by atoms with E-state index >= 15 is 0 Å². The third-order valence-electron chi connectivity index (χ3n) is 7.01. The summed E-state index contributed by atoms with van der Waals surface area (Å²) >= 11 is 0. The molecule has 0 spiro atoms. The molecule has 0 atom stereocenters. The molecule has 202 valence electrons. The maximum absolute atomic E-state index is 5.75. The lowest BCUT2D eigenvalue weighted by atomic mass is 9.97.